The molecule has 0 saturated carbocycles. The lowest BCUT2D eigenvalue weighted by Gasteiger charge is -2.21. The van der Waals surface area contributed by atoms with Crippen molar-refractivity contribution in [1.82, 2.24) is 9.88 Å². The summed E-state index contributed by atoms with van der Waals surface area (Å²) in [5, 5.41) is 11.5. The van der Waals surface area contributed by atoms with Crippen LogP contribution in [0.3, 0.4) is 0 Å². The predicted molar refractivity (Wildman–Crippen MR) is 121 cm³/mol. The van der Waals surface area contributed by atoms with Gasteiger partial charge < -0.3 is 14.4 Å². The third kappa shape index (κ3) is 5.09. The number of non-ortho nitro benzene ring substituents is 1. The Bertz CT molecular complexity index is 1040. The molecule has 9 nitrogen and oxygen atoms in total. The highest BCUT2D eigenvalue weighted by Gasteiger charge is 2.22. The summed E-state index contributed by atoms with van der Waals surface area (Å²) < 4.78 is 11.6. The van der Waals surface area contributed by atoms with Crippen molar-refractivity contribution >= 4 is 38.3 Å². The highest BCUT2D eigenvalue weighted by atomic mass is 32.1. The first-order valence-corrected chi connectivity index (χ1v) is 10.4. The zero-order valence-electron chi connectivity index (χ0n) is 17.8. The molecule has 0 N–H and O–H groups in total. The van der Waals surface area contributed by atoms with Gasteiger partial charge in [0.05, 0.1) is 29.4 Å². The van der Waals surface area contributed by atoms with Gasteiger partial charge in [0.2, 0.25) is 0 Å². The van der Waals surface area contributed by atoms with E-state index in [9.17, 15) is 14.9 Å². The molecule has 10 heteroatoms. The summed E-state index contributed by atoms with van der Waals surface area (Å²) in [7, 11) is 7.07. The van der Waals surface area contributed by atoms with Gasteiger partial charge in [0.1, 0.15) is 0 Å². The Morgan fingerprint density at radius 2 is 1.74 bits per heavy atom. The molecule has 2 aromatic carbocycles. The quantitative estimate of drug-likeness (QED) is 0.365. The Morgan fingerprint density at radius 1 is 1.10 bits per heavy atom. The molecule has 1 amide bonds. The number of anilines is 1. The van der Waals surface area contributed by atoms with Crippen molar-refractivity contribution in [3.05, 3.63) is 52.1 Å². The van der Waals surface area contributed by atoms with E-state index >= 15 is 0 Å². The van der Waals surface area contributed by atoms with E-state index in [0.717, 1.165) is 17.7 Å². The second kappa shape index (κ2) is 9.71. The zero-order valence-corrected chi connectivity index (χ0v) is 18.6. The van der Waals surface area contributed by atoms with Crippen molar-refractivity contribution in [1.29, 1.82) is 0 Å². The molecule has 0 atom stereocenters. The molecule has 0 aliphatic rings. The lowest BCUT2D eigenvalue weighted by atomic mass is 10.2. The van der Waals surface area contributed by atoms with Gasteiger partial charge in [-0.25, -0.2) is 4.98 Å². The summed E-state index contributed by atoms with van der Waals surface area (Å²) in [5.74, 6) is 0.894. The third-order valence-corrected chi connectivity index (χ3v) is 5.71. The molecule has 0 saturated heterocycles. The fraction of sp³-hybridized carbons (Fsp3) is 0.333. The minimum Gasteiger partial charge on any atom is -0.493 e. The lowest BCUT2D eigenvalue weighted by molar-refractivity contribution is -0.384. The Morgan fingerprint density at radius 3 is 2.32 bits per heavy atom. The molecule has 0 bridgehead atoms. The normalized spacial score (nSPS) is 11.0. The first-order valence-electron chi connectivity index (χ1n) is 9.57. The van der Waals surface area contributed by atoms with Crippen LogP contribution in [0, 0.1) is 10.1 Å². The van der Waals surface area contributed by atoms with Crippen molar-refractivity contribution in [3.63, 3.8) is 0 Å². The first-order chi connectivity index (χ1) is 14.8. The number of rotatable bonds is 9. The number of thiazole rings is 1. The van der Waals surface area contributed by atoms with E-state index in [1.807, 2.05) is 25.1 Å². The zero-order chi connectivity index (χ0) is 22.5. The number of benzene rings is 2. The van der Waals surface area contributed by atoms with Crippen LogP contribution in [-0.4, -0.2) is 62.1 Å². The molecular formula is C21H24N4O5S. The number of hydrogen-bond acceptors (Lipinski definition) is 8. The Hall–Kier alpha value is -3.24. The van der Waals surface area contributed by atoms with E-state index in [4.69, 9.17) is 9.47 Å². The van der Waals surface area contributed by atoms with Crippen molar-refractivity contribution in [2.45, 2.75) is 6.42 Å². The van der Waals surface area contributed by atoms with E-state index in [2.05, 4.69) is 4.98 Å². The Balaban J connectivity index is 1.97. The van der Waals surface area contributed by atoms with Gasteiger partial charge in [0.15, 0.2) is 16.6 Å². The molecule has 1 heterocycles. The molecule has 0 fully saturated rings. The second-order valence-electron chi connectivity index (χ2n) is 7.09. The summed E-state index contributed by atoms with van der Waals surface area (Å²) in [4.78, 5) is 32.0. The minimum atomic E-state index is -0.489. The van der Waals surface area contributed by atoms with Gasteiger partial charge in [-0.15, -0.1) is 0 Å². The van der Waals surface area contributed by atoms with Gasteiger partial charge in [0.25, 0.3) is 11.6 Å². The molecular weight excluding hydrogens is 420 g/mol. The summed E-state index contributed by atoms with van der Waals surface area (Å²) in [6.45, 7) is 1.26. The summed E-state index contributed by atoms with van der Waals surface area (Å²) in [5.41, 5.74) is 1.01. The van der Waals surface area contributed by atoms with Gasteiger partial charge in [0, 0.05) is 36.4 Å². The van der Waals surface area contributed by atoms with Crippen LogP contribution in [0.5, 0.6) is 11.5 Å². The molecule has 0 aliphatic heterocycles. The number of carbonyl (C=O) groups excluding carboxylic acids is 1. The SMILES string of the molecule is COc1cc2nc(N(CCCN(C)C)C(=O)c3ccc([N+](=O)[O-])cc3)sc2cc1OC. The second-order valence-corrected chi connectivity index (χ2v) is 8.10. The van der Waals surface area contributed by atoms with Gasteiger partial charge >= 0.3 is 0 Å². The fourth-order valence-electron chi connectivity index (χ4n) is 3.07. The van der Waals surface area contributed by atoms with Crippen LogP contribution in [0.2, 0.25) is 0 Å². The third-order valence-electron chi connectivity index (χ3n) is 4.67. The van der Waals surface area contributed by atoms with Crippen LogP contribution < -0.4 is 14.4 Å². The molecule has 0 spiro atoms. The van der Waals surface area contributed by atoms with Crippen LogP contribution in [0.4, 0.5) is 10.8 Å². The maximum atomic E-state index is 13.3. The van der Waals surface area contributed by atoms with E-state index < -0.39 is 4.92 Å². The number of ether oxygens (including phenoxy) is 2. The molecule has 1 aromatic heterocycles. The molecule has 3 rings (SSSR count). The van der Waals surface area contributed by atoms with Crippen LogP contribution in [0.25, 0.3) is 10.2 Å². The maximum Gasteiger partial charge on any atom is 0.269 e. The highest BCUT2D eigenvalue weighted by Crippen LogP contribution is 2.37. The topological polar surface area (TPSA) is 98.0 Å². The number of nitro benzene ring substituents is 1. The Labute approximate surface area is 184 Å². The summed E-state index contributed by atoms with van der Waals surface area (Å²) in [6.07, 6.45) is 0.744. The van der Waals surface area contributed by atoms with E-state index in [1.165, 1.54) is 35.6 Å². The lowest BCUT2D eigenvalue weighted by Crippen LogP contribution is -2.33. The number of methoxy groups -OCH3 is 2. The van der Waals surface area contributed by atoms with Crippen LogP contribution in [0.1, 0.15) is 16.8 Å². The molecule has 0 radical (unpaired) electrons. The number of amides is 1. The average Bonchev–Trinajstić information content (AvgIpc) is 3.17. The largest absolute Gasteiger partial charge is 0.493 e. The van der Waals surface area contributed by atoms with Crippen molar-refractivity contribution in [2.75, 3.05) is 46.3 Å². The number of aromatic nitrogens is 1. The number of nitro groups is 1. The molecule has 31 heavy (non-hydrogen) atoms. The maximum absolute atomic E-state index is 13.3. The van der Waals surface area contributed by atoms with Crippen LogP contribution >= 0.6 is 11.3 Å². The monoisotopic (exact) mass is 444 g/mol. The standard InChI is InChI=1S/C21H24N4O5S/c1-23(2)10-5-11-24(20(26)14-6-8-15(9-7-14)25(27)28)21-22-16-12-17(29-3)18(30-4)13-19(16)31-21/h6-9,12-13H,5,10-11H2,1-4H3. The molecule has 164 valence electrons. The van der Waals surface area contributed by atoms with Crippen molar-refractivity contribution < 1.29 is 19.2 Å². The smallest absolute Gasteiger partial charge is 0.269 e. The van der Waals surface area contributed by atoms with E-state index in [1.54, 1.807) is 25.2 Å². The molecule has 0 unspecified atom stereocenters. The minimum absolute atomic E-state index is 0.0603. The molecule has 3 aromatic rings. The predicted octanol–water partition coefficient (Wildman–Crippen LogP) is 3.82. The Kier molecular flexibility index (Phi) is 7.03. The summed E-state index contributed by atoms with van der Waals surface area (Å²) >= 11 is 1.38. The highest BCUT2D eigenvalue weighted by molar-refractivity contribution is 7.22. The average molecular weight is 445 g/mol. The molecule has 0 aliphatic carbocycles. The van der Waals surface area contributed by atoms with Crippen molar-refractivity contribution in [2.24, 2.45) is 0 Å². The van der Waals surface area contributed by atoms with Gasteiger partial charge in [-0.05, 0) is 39.2 Å². The van der Waals surface area contributed by atoms with Gasteiger partial charge in [-0.1, -0.05) is 11.3 Å². The first kappa shape index (κ1) is 22.4. The number of carbonyl (C=O) groups is 1. The van der Waals surface area contributed by atoms with Crippen LogP contribution in [0.15, 0.2) is 36.4 Å². The van der Waals surface area contributed by atoms with E-state index in [0.29, 0.717) is 34.3 Å². The number of fused-ring (bicyclic) bond motifs is 1. The number of hydrogen-bond donors (Lipinski definition) is 0. The number of nitrogens with zero attached hydrogens (tertiary/aromatic N) is 4. The van der Waals surface area contributed by atoms with Crippen LogP contribution in [-0.2, 0) is 0 Å². The van der Waals surface area contributed by atoms with Gasteiger partial charge in [-0.2, -0.15) is 0 Å². The van der Waals surface area contributed by atoms with E-state index in [-0.39, 0.29) is 11.6 Å². The summed E-state index contributed by atoms with van der Waals surface area (Å²) in [6, 6.07) is 9.22. The van der Waals surface area contributed by atoms with Crippen molar-refractivity contribution in [3.8, 4) is 11.5 Å². The van der Waals surface area contributed by atoms with Gasteiger partial charge in [-0.3, -0.25) is 19.8 Å². The fourth-order valence-corrected chi connectivity index (χ4v) is 4.07.